The van der Waals surface area contributed by atoms with E-state index in [1.54, 1.807) is 12.4 Å². The van der Waals surface area contributed by atoms with Crippen LogP contribution >= 0.6 is 11.6 Å². The van der Waals surface area contributed by atoms with Crippen LogP contribution in [0.2, 0.25) is 5.15 Å². The summed E-state index contributed by atoms with van der Waals surface area (Å²) in [6.45, 7) is 0.891. The summed E-state index contributed by atoms with van der Waals surface area (Å²) in [5, 5.41) is 8.71. The molecule has 18 heavy (non-hydrogen) atoms. The van der Waals surface area contributed by atoms with Crippen molar-refractivity contribution >= 4 is 17.2 Å². The van der Waals surface area contributed by atoms with Crippen molar-refractivity contribution in [2.24, 2.45) is 0 Å². The molecule has 96 valence electrons. The normalized spacial score (nSPS) is 20.4. The summed E-state index contributed by atoms with van der Waals surface area (Å²) < 4.78 is 7.60. The highest BCUT2D eigenvalue weighted by Gasteiger charge is 2.15. The van der Waals surface area contributed by atoms with Gasteiger partial charge in [0.1, 0.15) is 17.3 Å². The van der Waals surface area contributed by atoms with Gasteiger partial charge in [0, 0.05) is 19.1 Å². The zero-order valence-corrected chi connectivity index (χ0v) is 10.8. The molecular formula is C12H15ClN4O. The number of ether oxygens (including phenoxy) is 1. The minimum Gasteiger partial charge on any atom is -0.378 e. The second-order valence-corrected chi connectivity index (χ2v) is 4.97. The fourth-order valence-corrected chi connectivity index (χ4v) is 2.46. The van der Waals surface area contributed by atoms with Crippen molar-refractivity contribution < 1.29 is 4.74 Å². The lowest BCUT2D eigenvalue weighted by Gasteiger charge is -2.21. The predicted octanol–water partition coefficient (Wildman–Crippen LogP) is 2.28. The van der Waals surface area contributed by atoms with Crippen LogP contribution < -0.4 is 0 Å². The third kappa shape index (κ3) is 2.47. The van der Waals surface area contributed by atoms with Gasteiger partial charge in [-0.2, -0.15) is 0 Å². The second kappa shape index (κ2) is 5.20. The standard InChI is InChI=1S/C12H15ClN4O/c13-10-7-12-16-15-11(17(12)8-14-10)5-4-9-3-1-2-6-18-9/h7-9H,1-6H2. The van der Waals surface area contributed by atoms with Crippen molar-refractivity contribution in [2.45, 2.75) is 38.2 Å². The first-order chi connectivity index (χ1) is 8.83. The molecule has 2 aromatic rings. The number of aromatic nitrogens is 4. The van der Waals surface area contributed by atoms with Crippen LogP contribution in [0.15, 0.2) is 12.4 Å². The molecule has 1 atom stereocenters. The fraction of sp³-hybridized carbons (Fsp3) is 0.583. The van der Waals surface area contributed by atoms with Crippen molar-refractivity contribution in [3.8, 4) is 0 Å². The summed E-state index contributed by atoms with van der Waals surface area (Å²) in [5.41, 5.74) is 0.745. The minimum atomic E-state index is 0.367. The van der Waals surface area contributed by atoms with Gasteiger partial charge in [-0.3, -0.25) is 4.40 Å². The van der Waals surface area contributed by atoms with Crippen LogP contribution in [0.3, 0.4) is 0 Å². The average molecular weight is 267 g/mol. The summed E-state index contributed by atoms with van der Waals surface area (Å²) in [7, 11) is 0. The Morgan fingerprint density at radius 3 is 3.17 bits per heavy atom. The van der Waals surface area contributed by atoms with E-state index in [1.165, 1.54) is 12.8 Å². The zero-order chi connectivity index (χ0) is 12.4. The molecule has 0 bridgehead atoms. The zero-order valence-electron chi connectivity index (χ0n) is 10.0. The maximum Gasteiger partial charge on any atom is 0.165 e. The fourth-order valence-electron chi connectivity index (χ4n) is 2.31. The van der Waals surface area contributed by atoms with E-state index in [0.717, 1.165) is 37.3 Å². The molecule has 0 amide bonds. The Morgan fingerprint density at radius 1 is 1.39 bits per heavy atom. The van der Waals surface area contributed by atoms with Crippen LogP contribution in [-0.2, 0) is 11.2 Å². The topological polar surface area (TPSA) is 52.3 Å². The van der Waals surface area contributed by atoms with Gasteiger partial charge in [0.15, 0.2) is 5.65 Å². The molecule has 3 rings (SSSR count). The maximum absolute atomic E-state index is 5.81. The number of hydrogen-bond acceptors (Lipinski definition) is 4. The monoisotopic (exact) mass is 266 g/mol. The van der Waals surface area contributed by atoms with Crippen molar-refractivity contribution in [2.75, 3.05) is 6.61 Å². The molecule has 5 nitrogen and oxygen atoms in total. The Bertz CT molecular complexity index is 536. The summed E-state index contributed by atoms with van der Waals surface area (Å²) in [6.07, 6.45) is 7.50. The van der Waals surface area contributed by atoms with Crippen molar-refractivity contribution in [1.29, 1.82) is 0 Å². The van der Waals surface area contributed by atoms with Gasteiger partial charge in [0.2, 0.25) is 0 Å². The van der Waals surface area contributed by atoms with Crippen LogP contribution in [0.4, 0.5) is 0 Å². The molecule has 0 N–H and O–H groups in total. The predicted molar refractivity (Wildman–Crippen MR) is 67.7 cm³/mol. The SMILES string of the molecule is Clc1cc2nnc(CCC3CCCCO3)n2cn1. The number of hydrogen-bond donors (Lipinski definition) is 0. The number of halogens is 1. The number of nitrogens with zero attached hydrogens (tertiary/aromatic N) is 4. The molecule has 0 aliphatic carbocycles. The molecule has 1 saturated heterocycles. The van der Waals surface area contributed by atoms with E-state index in [0.29, 0.717) is 11.3 Å². The summed E-state index contributed by atoms with van der Waals surface area (Å²) in [6, 6.07) is 1.72. The molecule has 3 heterocycles. The molecule has 0 radical (unpaired) electrons. The molecule has 6 heteroatoms. The number of aryl methyl sites for hydroxylation is 1. The van der Waals surface area contributed by atoms with Gasteiger partial charge in [-0.25, -0.2) is 4.98 Å². The molecule has 0 saturated carbocycles. The van der Waals surface area contributed by atoms with Gasteiger partial charge >= 0.3 is 0 Å². The van der Waals surface area contributed by atoms with Crippen LogP contribution in [0, 0.1) is 0 Å². The molecular weight excluding hydrogens is 252 g/mol. The van der Waals surface area contributed by atoms with E-state index in [1.807, 2.05) is 4.40 Å². The van der Waals surface area contributed by atoms with Crippen LogP contribution in [0.1, 0.15) is 31.5 Å². The van der Waals surface area contributed by atoms with Crippen molar-refractivity contribution in [1.82, 2.24) is 19.6 Å². The van der Waals surface area contributed by atoms with Gasteiger partial charge in [-0.05, 0) is 25.7 Å². The summed E-state index contributed by atoms with van der Waals surface area (Å²) >= 11 is 5.81. The van der Waals surface area contributed by atoms with E-state index in [2.05, 4.69) is 15.2 Å². The smallest absolute Gasteiger partial charge is 0.165 e. The highest BCUT2D eigenvalue weighted by molar-refractivity contribution is 6.29. The molecule has 1 unspecified atom stereocenters. The van der Waals surface area contributed by atoms with Crippen LogP contribution in [0.25, 0.3) is 5.65 Å². The van der Waals surface area contributed by atoms with E-state index >= 15 is 0 Å². The van der Waals surface area contributed by atoms with E-state index in [-0.39, 0.29) is 0 Å². The lowest BCUT2D eigenvalue weighted by atomic mass is 10.0. The van der Waals surface area contributed by atoms with Gasteiger partial charge in [-0.1, -0.05) is 11.6 Å². The van der Waals surface area contributed by atoms with Gasteiger partial charge < -0.3 is 4.74 Å². The van der Waals surface area contributed by atoms with E-state index < -0.39 is 0 Å². The number of rotatable bonds is 3. The first-order valence-electron chi connectivity index (χ1n) is 6.30. The third-order valence-electron chi connectivity index (χ3n) is 3.30. The van der Waals surface area contributed by atoms with E-state index in [9.17, 15) is 0 Å². The first-order valence-corrected chi connectivity index (χ1v) is 6.67. The lowest BCUT2D eigenvalue weighted by molar-refractivity contribution is 0.0112. The van der Waals surface area contributed by atoms with Crippen molar-refractivity contribution in [3.05, 3.63) is 23.4 Å². The average Bonchev–Trinajstić information content (AvgIpc) is 2.80. The Hall–Kier alpha value is -1.20. The summed E-state index contributed by atoms with van der Waals surface area (Å²) in [4.78, 5) is 4.05. The summed E-state index contributed by atoms with van der Waals surface area (Å²) in [5.74, 6) is 0.920. The van der Waals surface area contributed by atoms with Gasteiger partial charge in [0.25, 0.3) is 0 Å². The molecule has 1 aliphatic rings. The molecule has 2 aromatic heterocycles. The maximum atomic E-state index is 5.81. The Balaban J connectivity index is 1.70. The molecule has 1 fully saturated rings. The number of fused-ring (bicyclic) bond motifs is 1. The molecule has 0 aromatic carbocycles. The highest BCUT2D eigenvalue weighted by atomic mass is 35.5. The third-order valence-corrected chi connectivity index (χ3v) is 3.51. The Morgan fingerprint density at radius 2 is 2.33 bits per heavy atom. The van der Waals surface area contributed by atoms with Gasteiger partial charge in [0.05, 0.1) is 6.10 Å². The quantitative estimate of drug-likeness (QED) is 0.800. The molecule has 1 aliphatic heterocycles. The second-order valence-electron chi connectivity index (χ2n) is 4.58. The Labute approximate surface area is 110 Å². The van der Waals surface area contributed by atoms with E-state index in [4.69, 9.17) is 16.3 Å². The lowest BCUT2D eigenvalue weighted by Crippen LogP contribution is -2.19. The van der Waals surface area contributed by atoms with Crippen molar-refractivity contribution in [3.63, 3.8) is 0 Å². The highest BCUT2D eigenvalue weighted by Crippen LogP contribution is 2.18. The first kappa shape index (κ1) is 11.9. The largest absolute Gasteiger partial charge is 0.378 e. The minimum absolute atomic E-state index is 0.367. The van der Waals surface area contributed by atoms with Crippen LogP contribution in [-0.4, -0.2) is 32.3 Å². The van der Waals surface area contributed by atoms with Gasteiger partial charge in [-0.15, -0.1) is 10.2 Å². The van der Waals surface area contributed by atoms with Crippen LogP contribution in [0.5, 0.6) is 0 Å². The Kier molecular flexibility index (Phi) is 3.43. The molecule has 0 spiro atoms.